The molecule has 1 aromatic carbocycles. The molecule has 0 aliphatic heterocycles. The van der Waals surface area contributed by atoms with Gasteiger partial charge in [0, 0.05) is 24.9 Å². The van der Waals surface area contributed by atoms with Crippen LogP contribution in [-0.2, 0) is 21.1 Å². The maximum Gasteiger partial charge on any atom is 0.387 e. The Morgan fingerprint density at radius 1 is 1.24 bits per heavy atom. The fourth-order valence-electron chi connectivity index (χ4n) is 2.08. The molecular formula is C17H28F2IN3O5S. The Hall–Kier alpha value is -1.41. The molecule has 0 amide bonds. The second-order valence-electron chi connectivity index (χ2n) is 5.72. The molecule has 0 atom stereocenters. The topological polar surface area (TPSA) is 98.2 Å². The first-order valence-electron chi connectivity index (χ1n) is 8.64. The summed E-state index contributed by atoms with van der Waals surface area (Å²) in [7, 11) is -1.57. The number of rotatable bonds is 12. The summed E-state index contributed by atoms with van der Waals surface area (Å²) in [5, 5.41) is 6.05. The van der Waals surface area contributed by atoms with Gasteiger partial charge in [0.2, 0.25) is 0 Å². The number of halogens is 3. The number of methoxy groups -OCH3 is 1. The Morgan fingerprint density at radius 3 is 2.55 bits per heavy atom. The first-order valence-corrected chi connectivity index (χ1v) is 10.7. The van der Waals surface area contributed by atoms with Crippen molar-refractivity contribution >= 4 is 39.8 Å². The highest BCUT2D eigenvalue weighted by Gasteiger charge is 2.11. The number of nitrogens with zero attached hydrogens (tertiary/aromatic N) is 1. The Labute approximate surface area is 187 Å². The summed E-state index contributed by atoms with van der Waals surface area (Å²) in [5.41, 5.74) is 0.446. The number of aliphatic imine (C=N–C) groups is 1. The van der Waals surface area contributed by atoms with E-state index >= 15 is 0 Å². The molecular weight excluding hydrogens is 523 g/mol. The van der Waals surface area contributed by atoms with Crippen molar-refractivity contribution in [1.82, 2.24) is 10.6 Å². The third-order valence-electron chi connectivity index (χ3n) is 3.37. The lowest BCUT2D eigenvalue weighted by molar-refractivity contribution is -0.0504. The highest BCUT2D eigenvalue weighted by molar-refractivity contribution is 14.0. The van der Waals surface area contributed by atoms with Crippen LogP contribution in [0.3, 0.4) is 0 Å². The molecule has 12 heteroatoms. The monoisotopic (exact) mass is 551 g/mol. The first kappa shape index (κ1) is 27.6. The van der Waals surface area contributed by atoms with Gasteiger partial charge in [0.25, 0.3) is 0 Å². The van der Waals surface area contributed by atoms with E-state index in [1.807, 2.05) is 6.92 Å². The third kappa shape index (κ3) is 12.7. The zero-order valence-corrected chi connectivity index (χ0v) is 19.8. The first-order chi connectivity index (χ1) is 13.2. The normalized spacial score (nSPS) is 11.7. The molecule has 0 aromatic heterocycles. The maximum atomic E-state index is 12.6. The van der Waals surface area contributed by atoms with Crippen LogP contribution in [0.2, 0.25) is 0 Å². The fourth-order valence-corrected chi connectivity index (χ4v) is 2.50. The van der Waals surface area contributed by atoms with Crippen LogP contribution in [0.25, 0.3) is 0 Å². The van der Waals surface area contributed by atoms with Crippen LogP contribution in [0.1, 0.15) is 12.5 Å². The van der Waals surface area contributed by atoms with Crippen LogP contribution < -0.4 is 20.1 Å². The Bertz CT molecular complexity index is 736. The van der Waals surface area contributed by atoms with Crippen molar-refractivity contribution < 1.29 is 31.4 Å². The Balaban J connectivity index is 0.00000784. The lowest BCUT2D eigenvalue weighted by Gasteiger charge is -2.13. The molecule has 0 fully saturated rings. The number of nitrogens with one attached hydrogen (secondary N) is 2. The molecule has 0 unspecified atom stereocenters. The molecule has 168 valence electrons. The van der Waals surface area contributed by atoms with Crippen molar-refractivity contribution in [3.63, 3.8) is 0 Å². The second-order valence-corrected chi connectivity index (χ2v) is 7.98. The highest BCUT2D eigenvalue weighted by Crippen LogP contribution is 2.26. The van der Waals surface area contributed by atoms with E-state index in [1.165, 1.54) is 19.2 Å². The van der Waals surface area contributed by atoms with Gasteiger partial charge in [-0.1, -0.05) is 0 Å². The lowest BCUT2D eigenvalue weighted by Crippen LogP contribution is -2.39. The van der Waals surface area contributed by atoms with E-state index in [0.29, 0.717) is 37.0 Å². The second kappa shape index (κ2) is 14.6. The highest BCUT2D eigenvalue weighted by atomic mass is 127. The summed E-state index contributed by atoms with van der Waals surface area (Å²) < 4.78 is 62.1. The number of hydrogen-bond donors (Lipinski definition) is 2. The van der Waals surface area contributed by atoms with Gasteiger partial charge in [0.15, 0.2) is 5.96 Å². The van der Waals surface area contributed by atoms with E-state index in [-0.39, 0.29) is 48.6 Å². The summed E-state index contributed by atoms with van der Waals surface area (Å²) in [6.45, 7) is 0.435. The van der Waals surface area contributed by atoms with E-state index in [4.69, 9.17) is 9.47 Å². The van der Waals surface area contributed by atoms with E-state index in [0.717, 1.165) is 6.26 Å². The van der Waals surface area contributed by atoms with Crippen molar-refractivity contribution in [1.29, 1.82) is 0 Å². The minimum atomic E-state index is -3.05. The van der Waals surface area contributed by atoms with Gasteiger partial charge in [-0.3, -0.25) is 0 Å². The van der Waals surface area contributed by atoms with Crippen LogP contribution in [0, 0.1) is 0 Å². The molecule has 0 saturated carbocycles. The SMILES string of the molecule is CCNC(=NCc1cc(OC)ccc1OC(F)F)NCCOCCS(C)(=O)=O.I. The third-order valence-corrected chi connectivity index (χ3v) is 4.28. The van der Waals surface area contributed by atoms with E-state index in [2.05, 4.69) is 20.4 Å². The molecule has 0 heterocycles. The van der Waals surface area contributed by atoms with Gasteiger partial charge >= 0.3 is 6.61 Å². The molecule has 0 radical (unpaired) electrons. The molecule has 0 spiro atoms. The molecule has 29 heavy (non-hydrogen) atoms. The van der Waals surface area contributed by atoms with Crippen molar-refractivity contribution in [2.24, 2.45) is 4.99 Å². The van der Waals surface area contributed by atoms with Gasteiger partial charge in [0.1, 0.15) is 21.3 Å². The van der Waals surface area contributed by atoms with E-state index < -0.39 is 16.4 Å². The van der Waals surface area contributed by atoms with E-state index in [9.17, 15) is 17.2 Å². The summed E-state index contributed by atoms with van der Waals surface area (Å²) in [4.78, 5) is 4.35. The zero-order chi connectivity index (χ0) is 21.0. The van der Waals surface area contributed by atoms with Gasteiger partial charge in [-0.15, -0.1) is 24.0 Å². The summed E-state index contributed by atoms with van der Waals surface area (Å²) in [6, 6.07) is 4.52. The van der Waals surface area contributed by atoms with Crippen molar-refractivity contribution in [3.8, 4) is 11.5 Å². The molecule has 2 N–H and O–H groups in total. The summed E-state index contributed by atoms with van der Waals surface area (Å²) in [6.07, 6.45) is 1.15. The predicted octanol–water partition coefficient (Wildman–Crippen LogP) is 2.03. The number of sulfone groups is 1. The summed E-state index contributed by atoms with van der Waals surface area (Å²) >= 11 is 0. The smallest absolute Gasteiger partial charge is 0.387 e. The average molecular weight is 551 g/mol. The van der Waals surface area contributed by atoms with Gasteiger partial charge in [-0.05, 0) is 25.1 Å². The van der Waals surface area contributed by atoms with Crippen LogP contribution in [-0.4, -0.2) is 66.4 Å². The number of ether oxygens (including phenoxy) is 3. The van der Waals surface area contributed by atoms with Crippen LogP contribution >= 0.6 is 24.0 Å². The van der Waals surface area contributed by atoms with Crippen LogP contribution in [0.4, 0.5) is 8.78 Å². The van der Waals surface area contributed by atoms with Crippen molar-refractivity contribution in [2.75, 3.05) is 45.4 Å². The number of alkyl halides is 2. The van der Waals surface area contributed by atoms with Gasteiger partial charge in [-0.2, -0.15) is 8.78 Å². The van der Waals surface area contributed by atoms with Crippen LogP contribution in [0.15, 0.2) is 23.2 Å². The van der Waals surface area contributed by atoms with Crippen molar-refractivity contribution in [3.05, 3.63) is 23.8 Å². The number of hydrogen-bond acceptors (Lipinski definition) is 6. The number of benzene rings is 1. The minimum Gasteiger partial charge on any atom is -0.497 e. The molecule has 1 rings (SSSR count). The molecule has 0 bridgehead atoms. The molecule has 0 aliphatic carbocycles. The largest absolute Gasteiger partial charge is 0.497 e. The predicted molar refractivity (Wildman–Crippen MR) is 118 cm³/mol. The van der Waals surface area contributed by atoms with Gasteiger partial charge < -0.3 is 24.8 Å². The summed E-state index contributed by atoms with van der Waals surface area (Å²) in [5.74, 6) is 0.952. The molecule has 0 saturated heterocycles. The Kier molecular flexibility index (Phi) is 13.8. The lowest BCUT2D eigenvalue weighted by atomic mass is 10.2. The Morgan fingerprint density at radius 2 is 1.97 bits per heavy atom. The average Bonchev–Trinajstić information content (AvgIpc) is 2.62. The van der Waals surface area contributed by atoms with E-state index in [1.54, 1.807) is 6.07 Å². The van der Waals surface area contributed by atoms with Gasteiger partial charge in [0.05, 0.1) is 32.6 Å². The van der Waals surface area contributed by atoms with Crippen LogP contribution in [0.5, 0.6) is 11.5 Å². The molecule has 1 aromatic rings. The molecule has 0 aliphatic rings. The maximum absolute atomic E-state index is 12.6. The number of guanidine groups is 1. The van der Waals surface area contributed by atoms with Crippen molar-refractivity contribution in [2.45, 2.75) is 20.1 Å². The van der Waals surface area contributed by atoms with Gasteiger partial charge in [-0.25, -0.2) is 13.4 Å². The minimum absolute atomic E-state index is 0. The fraction of sp³-hybridized carbons (Fsp3) is 0.588. The molecule has 8 nitrogen and oxygen atoms in total. The quantitative estimate of drug-likeness (QED) is 0.178. The standard InChI is InChI=1S/C17H27F2N3O5S.HI/c1-4-20-17(21-7-8-26-9-10-28(3,23)24)22-12-13-11-14(25-2)5-6-15(13)27-16(18)19;/h5-6,11,16H,4,7-10,12H2,1-3H3,(H2,20,21,22);1H. The zero-order valence-electron chi connectivity index (χ0n) is 16.6.